The maximum Gasteiger partial charge on any atom is 0.172 e. The van der Waals surface area contributed by atoms with Crippen molar-refractivity contribution in [3.63, 3.8) is 0 Å². The van der Waals surface area contributed by atoms with Crippen LogP contribution in [0.5, 0.6) is 0 Å². The molecule has 0 saturated carbocycles. The van der Waals surface area contributed by atoms with Crippen LogP contribution in [0.25, 0.3) is 0 Å². The second kappa shape index (κ2) is 6.75. The Hall–Kier alpha value is -1.75. The molecular formula is C12H19N3O2. The number of para-hydroxylation sites is 1. The fourth-order valence-electron chi connectivity index (χ4n) is 1.76. The SMILES string of the molecule is CCCN(CCO)c1ccccc1/C(N)=N/O. The molecule has 0 atom stereocenters. The van der Waals surface area contributed by atoms with Gasteiger partial charge in [0.25, 0.3) is 0 Å². The average Bonchev–Trinajstić information content (AvgIpc) is 2.37. The molecule has 0 spiro atoms. The van der Waals surface area contributed by atoms with Crippen LogP contribution >= 0.6 is 0 Å². The highest BCUT2D eigenvalue weighted by Crippen LogP contribution is 2.20. The molecule has 0 saturated heterocycles. The van der Waals surface area contributed by atoms with E-state index >= 15 is 0 Å². The lowest BCUT2D eigenvalue weighted by Gasteiger charge is -2.25. The topological polar surface area (TPSA) is 82.1 Å². The smallest absolute Gasteiger partial charge is 0.172 e. The number of aliphatic hydroxyl groups excluding tert-OH is 1. The summed E-state index contributed by atoms with van der Waals surface area (Å²) in [7, 11) is 0. The van der Waals surface area contributed by atoms with Crippen LogP contribution in [0.1, 0.15) is 18.9 Å². The molecule has 17 heavy (non-hydrogen) atoms. The van der Waals surface area contributed by atoms with E-state index in [-0.39, 0.29) is 12.4 Å². The maximum atomic E-state index is 9.06. The standard InChI is InChI=1S/C12H19N3O2/c1-2-7-15(8-9-16)11-6-4-3-5-10(11)12(13)14-17/h3-6,16-17H,2,7-9H2,1H3,(H2,13,14). The van der Waals surface area contributed by atoms with Crippen molar-refractivity contribution in [1.29, 1.82) is 0 Å². The van der Waals surface area contributed by atoms with Crippen molar-refractivity contribution >= 4 is 11.5 Å². The van der Waals surface area contributed by atoms with Gasteiger partial charge in [-0.15, -0.1) is 0 Å². The lowest BCUT2D eigenvalue weighted by atomic mass is 10.1. The molecule has 0 aliphatic carbocycles. The van der Waals surface area contributed by atoms with Crippen LogP contribution in [0, 0.1) is 0 Å². The van der Waals surface area contributed by atoms with Crippen molar-refractivity contribution in [1.82, 2.24) is 0 Å². The summed E-state index contributed by atoms with van der Waals surface area (Å²) in [5.41, 5.74) is 7.19. The number of hydrogen-bond donors (Lipinski definition) is 3. The van der Waals surface area contributed by atoms with Crippen molar-refractivity contribution in [2.24, 2.45) is 10.9 Å². The molecule has 4 N–H and O–H groups in total. The Bertz CT molecular complexity index is 374. The summed E-state index contributed by atoms with van der Waals surface area (Å²) in [5, 5.41) is 20.8. The zero-order valence-corrected chi connectivity index (χ0v) is 10.0. The van der Waals surface area contributed by atoms with E-state index in [2.05, 4.69) is 12.1 Å². The molecular weight excluding hydrogens is 218 g/mol. The lowest BCUT2D eigenvalue weighted by molar-refractivity contribution is 0.302. The first-order valence-electron chi connectivity index (χ1n) is 5.67. The van der Waals surface area contributed by atoms with E-state index in [9.17, 15) is 0 Å². The van der Waals surface area contributed by atoms with Crippen molar-refractivity contribution < 1.29 is 10.3 Å². The number of aliphatic hydroxyl groups is 1. The minimum atomic E-state index is 0.0739. The molecule has 0 aliphatic rings. The predicted molar refractivity (Wildman–Crippen MR) is 68.5 cm³/mol. The third-order valence-corrected chi connectivity index (χ3v) is 2.49. The van der Waals surface area contributed by atoms with Gasteiger partial charge in [-0.3, -0.25) is 0 Å². The maximum absolute atomic E-state index is 9.06. The Balaban J connectivity index is 3.08. The molecule has 0 bridgehead atoms. The molecule has 0 fully saturated rings. The number of oxime groups is 1. The van der Waals surface area contributed by atoms with Crippen LogP contribution < -0.4 is 10.6 Å². The summed E-state index contributed by atoms with van der Waals surface area (Å²) in [5.74, 6) is 0.0830. The van der Waals surface area contributed by atoms with E-state index in [0.717, 1.165) is 18.7 Å². The van der Waals surface area contributed by atoms with E-state index in [1.807, 2.05) is 23.1 Å². The van der Waals surface area contributed by atoms with Crippen molar-refractivity contribution in [2.75, 3.05) is 24.6 Å². The van der Waals surface area contributed by atoms with E-state index in [1.165, 1.54) is 0 Å². The third kappa shape index (κ3) is 3.35. The summed E-state index contributed by atoms with van der Waals surface area (Å²) in [6.07, 6.45) is 0.963. The highest BCUT2D eigenvalue weighted by molar-refractivity contribution is 6.02. The van der Waals surface area contributed by atoms with Gasteiger partial charge in [0.2, 0.25) is 0 Å². The van der Waals surface area contributed by atoms with Gasteiger partial charge in [0.15, 0.2) is 5.84 Å². The molecule has 0 heterocycles. The molecule has 1 aromatic carbocycles. The fraction of sp³-hybridized carbons (Fsp3) is 0.417. The number of amidine groups is 1. The number of rotatable bonds is 6. The van der Waals surface area contributed by atoms with Crippen LogP contribution in [0.3, 0.4) is 0 Å². The van der Waals surface area contributed by atoms with Gasteiger partial charge < -0.3 is 20.9 Å². The Morgan fingerprint density at radius 1 is 1.35 bits per heavy atom. The van der Waals surface area contributed by atoms with Crippen LogP contribution in [-0.4, -0.2) is 35.8 Å². The number of benzene rings is 1. The second-order valence-electron chi connectivity index (χ2n) is 3.71. The number of nitrogens with zero attached hydrogens (tertiary/aromatic N) is 2. The molecule has 5 heteroatoms. The number of nitrogens with two attached hydrogens (primary N) is 1. The minimum Gasteiger partial charge on any atom is -0.409 e. The Labute approximate surface area is 101 Å². The van der Waals surface area contributed by atoms with Gasteiger partial charge in [-0.25, -0.2) is 0 Å². The molecule has 0 aliphatic heterocycles. The second-order valence-corrected chi connectivity index (χ2v) is 3.71. The van der Waals surface area contributed by atoms with Gasteiger partial charge >= 0.3 is 0 Å². The molecule has 0 aromatic heterocycles. The van der Waals surface area contributed by atoms with E-state index in [1.54, 1.807) is 6.07 Å². The quantitative estimate of drug-likeness (QED) is 0.298. The zero-order valence-electron chi connectivity index (χ0n) is 10.0. The van der Waals surface area contributed by atoms with Gasteiger partial charge in [0.05, 0.1) is 6.61 Å². The molecule has 5 nitrogen and oxygen atoms in total. The van der Waals surface area contributed by atoms with Gasteiger partial charge in [-0.2, -0.15) is 0 Å². The largest absolute Gasteiger partial charge is 0.409 e. The Kier molecular flexibility index (Phi) is 5.29. The van der Waals surface area contributed by atoms with Crippen LogP contribution in [0.4, 0.5) is 5.69 Å². The third-order valence-electron chi connectivity index (χ3n) is 2.49. The fourth-order valence-corrected chi connectivity index (χ4v) is 1.76. The number of hydrogen-bond acceptors (Lipinski definition) is 4. The Morgan fingerprint density at radius 3 is 2.65 bits per heavy atom. The average molecular weight is 237 g/mol. The van der Waals surface area contributed by atoms with Gasteiger partial charge in [-0.05, 0) is 18.6 Å². The highest BCUT2D eigenvalue weighted by Gasteiger charge is 2.12. The van der Waals surface area contributed by atoms with Crippen LogP contribution in [0.2, 0.25) is 0 Å². The summed E-state index contributed by atoms with van der Waals surface area (Å²) in [6.45, 7) is 3.49. The van der Waals surface area contributed by atoms with Crippen molar-refractivity contribution in [3.05, 3.63) is 29.8 Å². The van der Waals surface area contributed by atoms with E-state index in [4.69, 9.17) is 16.0 Å². The molecule has 1 aromatic rings. The van der Waals surface area contributed by atoms with Crippen LogP contribution in [0.15, 0.2) is 29.4 Å². The zero-order chi connectivity index (χ0) is 12.7. The first-order valence-corrected chi connectivity index (χ1v) is 5.67. The number of anilines is 1. The van der Waals surface area contributed by atoms with Crippen molar-refractivity contribution in [2.45, 2.75) is 13.3 Å². The molecule has 0 unspecified atom stereocenters. The molecule has 0 amide bonds. The monoisotopic (exact) mass is 237 g/mol. The van der Waals surface area contributed by atoms with Gasteiger partial charge in [0, 0.05) is 24.3 Å². The summed E-state index contributed by atoms with van der Waals surface area (Å²) in [4.78, 5) is 2.02. The van der Waals surface area contributed by atoms with Crippen molar-refractivity contribution in [3.8, 4) is 0 Å². The minimum absolute atomic E-state index is 0.0739. The first-order chi connectivity index (χ1) is 8.24. The van der Waals surface area contributed by atoms with Gasteiger partial charge in [0.1, 0.15) is 0 Å². The molecule has 1 rings (SSSR count). The highest BCUT2D eigenvalue weighted by atomic mass is 16.4. The Morgan fingerprint density at radius 2 is 2.06 bits per heavy atom. The predicted octanol–water partition coefficient (Wildman–Crippen LogP) is 0.990. The summed E-state index contributed by atoms with van der Waals surface area (Å²) >= 11 is 0. The molecule has 0 radical (unpaired) electrons. The summed E-state index contributed by atoms with van der Waals surface area (Å²) in [6, 6.07) is 7.42. The first kappa shape index (κ1) is 13.3. The van der Waals surface area contributed by atoms with E-state index in [0.29, 0.717) is 12.1 Å². The normalized spacial score (nSPS) is 11.5. The lowest BCUT2D eigenvalue weighted by Crippen LogP contribution is -2.30. The van der Waals surface area contributed by atoms with Crippen LogP contribution in [-0.2, 0) is 0 Å². The van der Waals surface area contributed by atoms with E-state index < -0.39 is 0 Å². The molecule has 94 valence electrons. The summed E-state index contributed by atoms with van der Waals surface area (Å²) < 4.78 is 0. The van der Waals surface area contributed by atoms with Gasteiger partial charge in [-0.1, -0.05) is 24.2 Å².